The number of para-hydroxylation sites is 1. The molecule has 5 heteroatoms. The van der Waals surface area contributed by atoms with Crippen molar-refractivity contribution >= 4 is 11.4 Å². The van der Waals surface area contributed by atoms with Crippen molar-refractivity contribution in [3.63, 3.8) is 0 Å². The number of aliphatic hydroxyl groups is 1. The number of aliphatic hydroxyl groups excluding tert-OH is 1. The molecule has 1 rings (SSSR count). The van der Waals surface area contributed by atoms with E-state index >= 15 is 0 Å². The summed E-state index contributed by atoms with van der Waals surface area (Å²) in [5.41, 5.74) is 1.03. The van der Waals surface area contributed by atoms with Gasteiger partial charge in [0, 0.05) is 18.2 Å². The molecule has 0 amide bonds. The molecule has 1 aromatic carbocycles. The van der Waals surface area contributed by atoms with Crippen LogP contribution in [0.25, 0.3) is 0 Å². The van der Waals surface area contributed by atoms with Gasteiger partial charge >= 0.3 is 0 Å². The minimum absolute atomic E-state index is 0.0413. The standard InChI is InChI=1S/C12H18N2O3/c1-9-5-4-6-10(14(16)17)11(9)13-12(2,3)7-8-15/h4-6,13,15H,7-8H2,1-3H3. The van der Waals surface area contributed by atoms with Gasteiger partial charge in [0.05, 0.1) is 4.92 Å². The van der Waals surface area contributed by atoms with Crippen molar-refractivity contribution in [1.29, 1.82) is 0 Å². The van der Waals surface area contributed by atoms with Gasteiger partial charge in [-0.05, 0) is 32.8 Å². The molecular formula is C12H18N2O3. The maximum absolute atomic E-state index is 10.9. The molecule has 0 spiro atoms. The first kappa shape index (κ1) is 13.4. The average molecular weight is 238 g/mol. The zero-order valence-electron chi connectivity index (χ0n) is 10.4. The van der Waals surface area contributed by atoms with Crippen LogP contribution in [0.15, 0.2) is 18.2 Å². The Morgan fingerprint density at radius 3 is 2.65 bits per heavy atom. The molecule has 0 atom stereocenters. The summed E-state index contributed by atoms with van der Waals surface area (Å²) in [5, 5.41) is 23.0. The lowest BCUT2D eigenvalue weighted by Crippen LogP contribution is -2.32. The van der Waals surface area contributed by atoms with Gasteiger partial charge in [-0.25, -0.2) is 0 Å². The number of nitrogens with one attached hydrogen (secondary N) is 1. The molecule has 0 saturated heterocycles. The molecule has 0 unspecified atom stereocenters. The molecule has 0 aromatic heterocycles. The van der Waals surface area contributed by atoms with Crippen LogP contribution in [0.3, 0.4) is 0 Å². The minimum atomic E-state index is -0.398. The van der Waals surface area contributed by atoms with Crippen LogP contribution >= 0.6 is 0 Å². The van der Waals surface area contributed by atoms with E-state index in [1.165, 1.54) is 6.07 Å². The fourth-order valence-electron chi connectivity index (χ4n) is 1.65. The Kier molecular flexibility index (Phi) is 4.07. The van der Waals surface area contributed by atoms with Crippen molar-refractivity contribution in [3.8, 4) is 0 Å². The summed E-state index contributed by atoms with van der Waals surface area (Å²) in [5.74, 6) is 0. The normalized spacial score (nSPS) is 11.3. The van der Waals surface area contributed by atoms with Gasteiger partial charge in [-0.3, -0.25) is 10.1 Å². The van der Waals surface area contributed by atoms with E-state index in [-0.39, 0.29) is 17.8 Å². The van der Waals surface area contributed by atoms with Gasteiger partial charge in [0.2, 0.25) is 0 Å². The van der Waals surface area contributed by atoms with Crippen LogP contribution in [0, 0.1) is 17.0 Å². The third kappa shape index (κ3) is 3.42. The van der Waals surface area contributed by atoms with E-state index in [0.717, 1.165) is 5.56 Å². The van der Waals surface area contributed by atoms with Crippen molar-refractivity contribution in [2.75, 3.05) is 11.9 Å². The molecular weight excluding hydrogens is 220 g/mol. The van der Waals surface area contributed by atoms with Crippen LogP contribution < -0.4 is 5.32 Å². The van der Waals surface area contributed by atoms with Crippen molar-refractivity contribution in [2.24, 2.45) is 0 Å². The number of anilines is 1. The van der Waals surface area contributed by atoms with Crippen LogP contribution in [0.4, 0.5) is 11.4 Å². The number of aryl methyl sites for hydroxylation is 1. The lowest BCUT2D eigenvalue weighted by Gasteiger charge is -2.27. The largest absolute Gasteiger partial charge is 0.396 e. The van der Waals surface area contributed by atoms with Crippen LogP contribution in [-0.4, -0.2) is 22.2 Å². The molecule has 0 aliphatic carbocycles. The Hall–Kier alpha value is -1.62. The highest BCUT2D eigenvalue weighted by molar-refractivity contribution is 5.66. The van der Waals surface area contributed by atoms with E-state index < -0.39 is 4.92 Å². The van der Waals surface area contributed by atoms with Gasteiger partial charge in [0.25, 0.3) is 5.69 Å². The highest BCUT2D eigenvalue weighted by Crippen LogP contribution is 2.30. The Labute approximate surface area is 101 Å². The maximum atomic E-state index is 10.9. The fraction of sp³-hybridized carbons (Fsp3) is 0.500. The summed E-state index contributed by atoms with van der Waals surface area (Å²) < 4.78 is 0. The number of hydrogen-bond acceptors (Lipinski definition) is 4. The van der Waals surface area contributed by atoms with Crippen LogP contribution in [0.5, 0.6) is 0 Å². The Bertz CT molecular complexity index is 416. The Morgan fingerprint density at radius 1 is 1.47 bits per heavy atom. The third-order valence-electron chi connectivity index (χ3n) is 2.65. The van der Waals surface area contributed by atoms with Gasteiger partial charge in [0.15, 0.2) is 0 Å². The topological polar surface area (TPSA) is 75.4 Å². The van der Waals surface area contributed by atoms with Crippen molar-refractivity contribution in [1.82, 2.24) is 0 Å². The summed E-state index contributed by atoms with van der Waals surface area (Å²) >= 11 is 0. The molecule has 0 heterocycles. The molecule has 0 fully saturated rings. The van der Waals surface area contributed by atoms with Gasteiger partial charge in [0.1, 0.15) is 5.69 Å². The molecule has 0 saturated carbocycles. The number of hydrogen-bond donors (Lipinski definition) is 2. The number of benzene rings is 1. The van der Waals surface area contributed by atoms with Gasteiger partial charge in [-0.15, -0.1) is 0 Å². The van der Waals surface area contributed by atoms with E-state index in [9.17, 15) is 10.1 Å². The highest BCUT2D eigenvalue weighted by atomic mass is 16.6. The quantitative estimate of drug-likeness (QED) is 0.610. The van der Waals surface area contributed by atoms with Crippen LogP contribution in [0.1, 0.15) is 25.8 Å². The molecule has 0 radical (unpaired) electrons. The predicted octanol–water partition coefficient (Wildman–Crippen LogP) is 2.48. The maximum Gasteiger partial charge on any atom is 0.292 e. The molecule has 94 valence electrons. The molecule has 0 aliphatic heterocycles. The lowest BCUT2D eigenvalue weighted by molar-refractivity contribution is -0.384. The SMILES string of the molecule is Cc1cccc([N+](=O)[O-])c1NC(C)(C)CCO. The third-order valence-corrected chi connectivity index (χ3v) is 2.65. The summed E-state index contributed by atoms with van der Waals surface area (Å²) in [6.07, 6.45) is 0.526. The zero-order chi connectivity index (χ0) is 13.1. The summed E-state index contributed by atoms with van der Waals surface area (Å²) in [7, 11) is 0. The molecule has 0 bridgehead atoms. The van der Waals surface area contributed by atoms with Crippen molar-refractivity contribution in [2.45, 2.75) is 32.7 Å². The second-order valence-corrected chi connectivity index (χ2v) is 4.71. The number of nitrogens with zero attached hydrogens (tertiary/aromatic N) is 1. The Morgan fingerprint density at radius 2 is 2.12 bits per heavy atom. The molecule has 17 heavy (non-hydrogen) atoms. The number of rotatable bonds is 5. The monoisotopic (exact) mass is 238 g/mol. The fourth-order valence-corrected chi connectivity index (χ4v) is 1.65. The predicted molar refractivity (Wildman–Crippen MR) is 67.2 cm³/mol. The number of nitro groups is 1. The Balaban J connectivity index is 3.08. The summed E-state index contributed by atoms with van der Waals surface area (Å²) in [4.78, 5) is 10.5. The smallest absolute Gasteiger partial charge is 0.292 e. The molecule has 1 aromatic rings. The molecule has 0 aliphatic rings. The summed E-state index contributed by atoms with van der Waals surface area (Å²) in [6.45, 7) is 5.67. The first-order valence-electron chi connectivity index (χ1n) is 5.50. The molecule has 2 N–H and O–H groups in total. The lowest BCUT2D eigenvalue weighted by atomic mass is 9.99. The zero-order valence-corrected chi connectivity index (χ0v) is 10.4. The van der Waals surface area contributed by atoms with Gasteiger partial charge in [-0.2, -0.15) is 0 Å². The second-order valence-electron chi connectivity index (χ2n) is 4.71. The van der Waals surface area contributed by atoms with Gasteiger partial charge < -0.3 is 10.4 Å². The molecule has 5 nitrogen and oxygen atoms in total. The van der Waals surface area contributed by atoms with E-state index in [1.807, 2.05) is 26.8 Å². The van der Waals surface area contributed by atoms with Gasteiger partial charge in [-0.1, -0.05) is 12.1 Å². The van der Waals surface area contributed by atoms with Crippen LogP contribution in [-0.2, 0) is 0 Å². The minimum Gasteiger partial charge on any atom is -0.396 e. The summed E-state index contributed by atoms with van der Waals surface area (Å²) in [6, 6.07) is 4.96. The van der Waals surface area contributed by atoms with Crippen molar-refractivity contribution < 1.29 is 10.0 Å². The average Bonchev–Trinajstić information content (AvgIpc) is 2.20. The number of nitro benzene ring substituents is 1. The van der Waals surface area contributed by atoms with E-state index in [2.05, 4.69) is 5.32 Å². The van der Waals surface area contributed by atoms with E-state index in [4.69, 9.17) is 5.11 Å². The highest BCUT2D eigenvalue weighted by Gasteiger charge is 2.23. The first-order chi connectivity index (χ1) is 7.87. The van der Waals surface area contributed by atoms with Crippen LogP contribution in [0.2, 0.25) is 0 Å². The van der Waals surface area contributed by atoms with E-state index in [1.54, 1.807) is 6.07 Å². The first-order valence-corrected chi connectivity index (χ1v) is 5.50. The van der Waals surface area contributed by atoms with E-state index in [0.29, 0.717) is 12.1 Å². The second kappa shape index (κ2) is 5.14. The van der Waals surface area contributed by atoms with Crippen molar-refractivity contribution in [3.05, 3.63) is 33.9 Å².